The van der Waals surface area contributed by atoms with E-state index in [0.717, 1.165) is 16.5 Å². The topological polar surface area (TPSA) is 126 Å². The highest BCUT2D eigenvalue weighted by Crippen LogP contribution is 2.23. The number of hydrazone groups is 2. The molecule has 210 valence electrons. The number of benzene rings is 4. The van der Waals surface area contributed by atoms with Crippen LogP contribution in [0.2, 0.25) is 0 Å². The second-order valence-corrected chi connectivity index (χ2v) is 9.02. The zero-order chi connectivity index (χ0) is 29.3. The molecule has 0 spiro atoms. The van der Waals surface area contributed by atoms with Gasteiger partial charge in [0.05, 0.1) is 26.6 Å². The van der Waals surface area contributed by atoms with Crippen LogP contribution in [0.3, 0.4) is 0 Å². The smallest absolute Gasteiger partial charge is 0.271 e. The Labute approximate surface area is 241 Å². The molecular weight excluding hydrogens is 534 g/mol. The van der Waals surface area contributed by atoms with E-state index in [2.05, 4.69) is 26.0 Å². The number of hydrogen-bond donors (Lipinski definition) is 3. The van der Waals surface area contributed by atoms with Crippen molar-refractivity contribution in [3.63, 3.8) is 0 Å². The molecule has 10 heteroatoms. The molecule has 0 aliphatic carbocycles. The second kappa shape index (κ2) is 13.0. The zero-order valence-electron chi connectivity index (χ0n) is 22.8. The number of nitrogens with one attached hydrogen (secondary N) is 3. The molecule has 2 amide bonds. The molecule has 0 aliphatic heterocycles. The van der Waals surface area contributed by atoms with Gasteiger partial charge in [0.1, 0.15) is 23.0 Å². The molecule has 5 aromatic rings. The predicted octanol–water partition coefficient (Wildman–Crippen LogP) is 5.51. The minimum absolute atomic E-state index is 0.345. The number of fused-ring (bicyclic) bond motifs is 1. The first-order valence-corrected chi connectivity index (χ1v) is 12.9. The van der Waals surface area contributed by atoms with E-state index in [1.165, 1.54) is 6.21 Å². The Hall–Kier alpha value is -5.90. The summed E-state index contributed by atoms with van der Waals surface area (Å²) in [5.74, 6) is 1.56. The van der Waals surface area contributed by atoms with Gasteiger partial charge in [0, 0.05) is 34.5 Å². The summed E-state index contributed by atoms with van der Waals surface area (Å²) < 4.78 is 16.3. The Morgan fingerprint density at radius 1 is 0.643 bits per heavy atom. The summed E-state index contributed by atoms with van der Waals surface area (Å²) in [6.45, 7) is 0. The molecule has 0 atom stereocenters. The monoisotopic (exact) mass is 561 g/mol. The van der Waals surface area contributed by atoms with E-state index in [4.69, 9.17) is 14.2 Å². The van der Waals surface area contributed by atoms with Crippen molar-refractivity contribution in [2.75, 3.05) is 14.2 Å². The first kappa shape index (κ1) is 27.7. The molecule has 0 unspecified atom stereocenters. The fourth-order valence-corrected chi connectivity index (χ4v) is 3.99. The number of H-pyrrole nitrogens is 1. The number of aromatic amines is 1. The highest BCUT2D eigenvalue weighted by Gasteiger charge is 2.08. The highest BCUT2D eigenvalue weighted by atomic mass is 16.5. The molecule has 0 fully saturated rings. The molecule has 1 heterocycles. The molecule has 0 saturated heterocycles. The largest absolute Gasteiger partial charge is 0.497 e. The SMILES string of the molecule is COc1cc(/C=N/NC(=O)c2ccc(Oc3ccc(C(=O)N/N=C/c4ccc5cc[nH]c5c4)cc3)cc2)cc(OC)c1. The normalized spacial score (nSPS) is 11.1. The summed E-state index contributed by atoms with van der Waals surface area (Å²) in [4.78, 5) is 28.1. The summed E-state index contributed by atoms with van der Waals surface area (Å²) in [6, 6.07) is 26.4. The molecule has 3 N–H and O–H groups in total. The molecule has 1 aromatic heterocycles. The number of aromatic nitrogens is 1. The lowest BCUT2D eigenvalue weighted by atomic mass is 10.2. The van der Waals surface area contributed by atoms with Gasteiger partial charge < -0.3 is 19.2 Å². The van der Waals surface area contributed by atoms with Crippen molar-refractivity contribution in [3.8, 4) is 23.0 Å². The standard InChI is InChI=1S/C32H27N5O5/c1-40-28-15-22(16-29(18-28)41-2)20-35-37-32(39)25-7-11-27(12-8-25)42-26-9-5-24(6-10-26)31(38)36-34-19-21-3-4-23-13-14-33-30(23)17-21/h3-20,33H,1-2H3,(H,36,38)(H,37,39)/b34-19+,35-20+. The third kappa shape index (κ3) is 6.99. The van der Waals surface area contributed by atoms with Gasteiger partial charge in [-0.25, -0.2) is 10.9 Å². The van der Waals surface area contributed by atoms with Gasteiger partial charge in [0.25, 0.3) is 11.8 Å². The lowest BCUT2D eigenvalue weighted by Crippen LogP contribution is -2.17. The molecule has 0 radical (unpaired) electrons. The van der Waals surface area contributed by atoms with Crippen LogP contribution in [-0.4, -0.2) is 43.4 Å². The van der Waals surface area contributed by atoms with Crippen LogP contribution in [0.1, 0.15) is 31.8 Å². The quantitative estimate of drug-likeness (QED) is 0.153. The van der Waals surface area contributed by atoms with Gasteiger partial charge in [0.2, 0.25) is 0 Å². The number of methoxy groups -OCH3 is 2. The number of hydrogen-bond acceptors (Lipinski definition) is 7. The Morgan fingerprint density at radius 3 is 1.74 bits per heavy atom. The summed E-state index contributed by atoms with van der Waals surface area (Å²) in [6.07, 6.45) is 4.96. The van der Waals surface area contributed by atoms with Crippen LogP contribution in [0.5, 0.6) is 23.0 Å². The lowest BCUT2D eigenvalue weighted by Gasteiger charge is -2.07. The fraction of sp³-hybridized carbons (Fsp3) is 0.0625. The molecule has 42 heavy (non-hydrogen) atoms. The van der Waals surface area contributed by atoms with E-state index in [0.29, 0.717) is 39.7 Å². The van der Waals surface area contributed by atoms with Gasteiger partial charge in [-0.05, 0) is 83.7 Å². The van der Waals surface area contributed by atoms with Crippen LogP contribution in [-0.2, 0) is 0 Å². The third-order valence-electron chi connectivity index (χ3n) is 6.18. The Kier molecular flexibility index (Phi) is 8.54. The van der Waals surface area contributed by atoms with Gasteiger partial charge in [-0.15, -0.1) is 0 Å². The van der Waals surface area contributed by atoms with Gasteiger partial charge in [-0.3, -0.25) is 9.59 Å². The molecule has 0 saturated carbocycles. The molecule has 0 bridgehead atoms. The van der Waals surface area contributed by atoms with Crippen molar-refractivity contribution >= 4 is 35.1 Å². The maximum absolute atomic E-state index is 12.5. The second-order valence-electron chi connectivity index (χ2n) is 9.02. The van der Waals surface area contributed by atoms with Crippen LogP contribution in [0.25, 0.3) is 10.9 Å². The number of carbonyl (C=O) groups excluding carboxylic acids is 2. The molecule has 0 aliphatic rings. The minimum Gasteiger partial charge on any atom is -0.497 e. The van der Waals surface area contributed by atoms with E-state index < -0.39 is 0 Å². The first-order valence-electron chi connectivity index (χ1n) is 12.9. The number of rotatable bonds is 10. The lowest BCUT2D eigenvalue weighted by molar-refractivity contribution is 0.0947. The van der Waals surface area contributed by atoms with Crippen molar-refractivity contribution in [2.45, 2.75) is 0 Å². The van der Waals surface area contributed by atoms with Crippen LogP contribution in [0, 0.1) is 0 Å². The van der Waals surface area contributed by atoms with E-state index in [9.17, 15) is 9.59 Å². The van der Waals surface area contributed by atoms with Gasteiger partial charge in [-0.1, -0.05) is 12.1 Å². The summed E-state index contributed by atoms with van der Waals surface area (Å²) in [7, 11) is 3.12. The average Bonchev–Trinajstić information content (AvgIpc) is 3.49. The molecule has 10 nitrogen and oxygen atoms in total. The van der Waals surface area contributed by atoms with E-state index in [1.807, 2.05) is 30.5 Å². The minimum atomic E-state index is -0.379. The van der Waals surface area contributed by atoms with Crippen molar-refractivity contribution in [1.29, 1.82) is 0 Å². The first-order chi connectivity index (χ1) is 20.5. The Morgan fingerprint density at radius 2 is 1.19 bits per heavy atom. The number of nitrogens with zero attached hydrogens (tertiary/aromatic N) is 2. The van der Waals surface area contributed by atoms with Crippen LogP contribution < -0.4 is 25.1 Å². The molecule has 5 rings (SSSR count). The third-order valence-corrected chi connectivity index (χ3v) is 6.18. The van der Waals surface area contributed by atoms with Crippen molar-refractivity contribution < 1.29 is 23.8 Å². The zero-order valence-corrected chi connectivity index (χ0v) is 22.8. The predicted molar refractivity (Wildman–Crippen MR) is 161 cm³/mol. The summed E-state index contributed by atoms with van der Waals surface area (Å²) >= 11 is 0. The van der Waals surface area contributed by atoms with Crippen molar-refractivity contribution in [3.05, 3.63) is 119 Å². The van der Waals surface area contributed by atoms with Crippen LogP contribution in [0.15, 0.2) is 107 Å². The fourth-order valence-electron chi connectivity index (χ4n) is 3.99. The van der Waals surface area contributed by atoms with E-state index in [-0.39, 0.29) is 11.8 Å². The average molecular weight is 562 g/mol. The van der Waals surface area contributed by atoms with Gasteiger partial charge in [-0.2, -0.15) is 10.2 Å². The van der Waals surface area contributed by atoms with Crippen molar-refractivity contribution in [1.82, 2.24) is 15.8 Å². The maximum atomic E-state index is 12.5. The van der Waals surface area contributed by atoms with Gasteiger partial charge >= 0.3 is 0 Å². The molecule has 4 aromatic carbocycles. The van der Waals surface area contributed by atoms with Gasteiger partial charge in [0.15, 0.2) is 0 Å². The number of amides is 2. The van der Waals surface area contributed by atoms with Crippen LogP contribution in [0.4, 0.5) is 0 Å². The maximum Gasteiger partial charge on any atom is 0.271 e. The van der Waals surface area contributed by atoms with Crippen LogP contribution >= 0.6 is 0 Å². The van der Waals surface area contributed by atoms with E-state index in [1.54, 1.807) is 87.2 Å². The number of ether oxygens (including phenoxy) is 3. The summed E-state index contributed by atoms with van der Waals surface area (Å²) in [5, 5.41) is 9.17. The summed E-state index contributed by atoms with van der Waals surface area (Å²) in [5.41, 5.74) is 8.42. The van der Waals surface area contributed by atoms with E-state index >= 15 is 0 Å². The highest BCUT2D eigenvalue weighted by molar-refractivity contribution is 5.96. The molecular formula is C32H27N5O5. The Bertz CT molecular complexity index is 1740. The number of carbonyl (C=O) groups is 2. The Balaban J connectivity index is 1.12. The van der Waals surface area contributed by atoms with Crippen molar-refractivity contribution in [2.24, 2.45) is 10.2 Å².